The van der Waals surface area contributed by atoms with E-state index in [0.29, 0.717) is 32.5 Å². The number of aryl methyl sites for hydroxylation is 1. The quantitative estimate of drug-likeness (QED) is 0.644. The van der Waals surface area contributed by atoms with Gasteiger partial charge in [-0.25, -0.2) is 4.98 Å². The largest absolute Gasteiger partial charge is 0.396 e. The average Bonchev–Trinajstić information content (AvgIpc) is 3.29. The van der Waals surface area contributed by atoms with Crippen LogP contribution in [0.4, 0.5) is 13.2 Å². The molecule has 0 spiro atoms. The summed E-state index contributed by atoms with van der Waals surface area (Å²) >= 11 is 0. The fourth-order valence-corrected chi connectivity index (χ4v) is 3.75. The Hall–Kier alpha value is -2.46. The van der Waals surface area contributed by atoms with Crippen molar-refractivity contribution in [1.82, 2.24) is 24.4 Å². The summed E-state index contributed by atoms with van der Waals surface area (Å²) in [6.07, 6.45) is -0.566. The van der Waals surface area contributed by atoms with Gasteiger partial charge in [0.25, 0.3) is 5.89 Å². The van der Waals surface area contributed by atoms with Gasteiger partial charge in [-0.1, -0.05) is 11.2 Å². The van der Waals surface area contributed by atoms with Crippen LogP contribution in [0, 0.1) is 6.92 Å². The van der Waals surface area contributed by atoms with Crippen molar-refractivity contribution in [3.63, 3.8) is 0 Å². The third kappa shape index (κ3) is 4.13. The fourth-order valence-electron chi connectivity index (χ4n) is 3.75. The molecule has 0 bridgehead atoms. The first-order valence-electron chi connectivity index (χ1n) is 9.38. The summed E-state index contributed by atoms with van der Waals surface area (Å²) in [4.78, 5) is 10.7. The van der Waals surface area contributed by atoms with Gasteiger partial charge in [0.05, 0.1) is 11.9 Å². The Morgan fingerprint density at radius 2 is 2.00 bits per heavy atom. The zero-order chi connectivity index (χ0) is 20.6. The third-order valence-electron chi connectivity index (χ3n) is 5.39. The number of halogens is 3. The number of hydrogen-bond acceptors (Lipinski definition) is 6. The molecule has 29 heavy (non-hydrogen) atoms. The second-order valence-corrected chi connectivity index (χ2v) is 7.47. The van der Waals surface area contributed by atoms with Gasteiger partial charge in [-0.3, -0.25) is 4.90 Å². The van der Waals surface area contributed by atoms with Gasteiger partial charge in [0.2, 0.25) is 0 Å². The van der Waals surface area contributed by atoms with E-state index in [2.05, 4.69) is 30.6 Å². The van der Waals surface area contributed by atoms with E-state index in [0.717, 1.165) is 16.9 Å². The Bertz CT molecular complexity index is 989. The van der Waals surface area contributed by atoms with Gasteiger partial charge >= 0.3 is 6.18 Å². The number of ether oxygens (including phenoxy) is 1. The molecule has 1 aliphatic heterocycles. The minimum Gasteiger partial charge on any atom is -0.368 e. The number of rotatable bonds is 5. The van der Waals surface area contributed by atoms with Crippen molar-refractivity contribution in [3.05, 3.63) is 47.5 Å². The molecule has 0 N–H and O–H groups in total. The van der Waals surface area contributed by atoms with Crippen LogP contribution in [0.15, 0.2) is 29.0 Å². The predicted molar refractivity (Wildman–Crippen MR) is 97.2 cm³/mol. The summed E-state index contributed by atoms with van der Waals surface area (Å²) in [6.45, 7) is 4.12. The van der Waals surface area contributed by atoms with Gasteiger partial charge < -0.3 is 13.7 Å². The maximum Gasteiger partial charge on any atom is 0.396 e. The zero-order valence-electron chi connectivity index (χ0n) is 16.2. The molecular weight excluding hydrogens is 387 g/mol. The van der Waals surface area contributed by atoms with Crippen molar-refractivity contribution in [2.24, 2.45) is 0 Å². The van der Waals surface area contributed by atoms with Crippen LogP contribution in [-0.2, 0) is 23.3 Å². The monoisotopic (exact) mass is 409 g/mol. The number of methoxy groups -OCH3 is 1. The number of piperidine rings is 1. The van der Waals surface area contributed by atoms with Crippen molar-refractivity contribution < 1.29 is 22.4 Å². The number of pyridine rings is 1. The second-order valence-electron chi connectivity index (χ2n) is 7.47. The van der Waals surface area contributed by atoms with Gasteiger partial charge in [0.15, 0.2) is 5.82 Å². The van der Waals surface area contributed by atoms with Gasteiger partial charge in [-0.2, -0.15) is 18.2 Å². The molecule has 0 amide bonds. The SMILES string of the molecule is COC1(c2nc(CC(F)(F)F)no2)CCN(Cc2cnc3ccc(C)cn23)CC1. The van der Waals surface area contributed by atoms with E-state index in [1.807, 2.05) is 25.3 Å². The molecular formula is C19H22F3N5O2. The molecule has 0 aromatic carbocycles. The Balaban J connectivity index is 1.45. The summed E-state index contributed by atoms with van der Waals surface area (Å²) in [5, 5.41) is 3.48. The van der Waals surface area contributed by atoms with Gasteiger partial charge in [0.1, 0.15) is 17.7 Å². The number of alkyl halides is 3. The summed E-state index contributed by atoms with van der Waals surface area (Å²) in [7, 11) is 1.52. The Kier molecular flexibility index (Phi) is 5.07. The van der Waals surface area contributed by atoms with Gasteiger partial charge in [-0.05, 0) is 31.4 Å². The maximum atomic E-state index is 12.6. The molecule has 0 unspecified atom stereocenters. The van der Waals surface area contributed by atoms with E-state index < -0.39 is 18.2 Å². The Morgan fingerprint density at radius 1 is 1.24 bits per heavy atom. The summed E-state index contributed by atoms with van der Waals surface area (Å²) < 4.78 is 50.6. The molecule has 156 valence electrons. The van der Waals surface area contributed by atoms with Crippen molar-refractivity contribution in [2.75, 3.05) is 20.2 Å². The van der Waals surface area contributed by atoms with Gasteiger partial charge in [-0.15, -0.1) is 0 Å². The van der Waals surface area contributed by atoms with Crippen LogP contribution in [0.3, 0.4) is 0 Å². The number of imidazole rings is 1. The lowest BCUT2D eigenvalue weighted by Gasteiger charge is -2.38. The second kappa shape index (κ2) is 7.42. The van der Waals surface area contributed by atoms with Crippen LogP contribution >= 0.6 is 0 Å². The lowest BCUT2D eigenvalue weighted by atomic mass is 9.90. The summed E-state index contributed by atoms with van der Waals surface area (Å²) in [6, 6.07) is 4.01. The lowest BCUT2D eigenvalue weighted by Crippen LogP contribution is -2.43. The van der Waals surface area contributed by atoms with E-state index in [1.54, 1.807) is 0 Å². The summed E-state index contributed by atoms with van der Waals surface area (Å²) in [5.74, 6) is -0.253. The lowest BCUT2D eigenvalue weighted by molar-refractivity contribution is -0.128. The molecule has 3 aromatic heterocycles. The van der Waals surface area contributed by atoms with Crippen LogP contribution in [0.1, 0.15) is 35.8 Å². The summed E-state index contributed by atoms with van der Waals surface area (Å²) in [5.41, 5.74) is 2.28. The molecule has 1 fully saturated rings. The number of hydrogen-bond donors (Lipinski definition) is 0. The maximum absolute atomic E-state index is 12.6. The molecule has 4 heterocycles. The van der Waals surface area contributed by atoms with Crippen LogP contribution in [0.2, 0.25) is 0 Å². The molecule has 0 atom stereocenters. The van der Waals surface area contributed by atoms with Crippen LogP contribution in [-0.4, -0.2) is 50.8 Å². The first-order chi connectivity index (χ1) is 13.8. The number of nitrogens with zero attached hydrogens (tertiary/aromatic N) is 5. The van der Waals surface area contributed by atoms with E-state index in [1.165, 1.54) is 7.11 Å². The normalized spacial score (nSPS) is 17.8. The topological polar surface area (TPSA) is 68.7 Å². The first kappa shape index (κ1) is 19.8. The fraction of sp³-hybridized carbons (Fsp3) is 0.526. The van der Waals surface area contributed by atoms with Crippen molar-refractivity contribution in [2.45, 2.75) is 44.5 Å². The predicted octanol–water partition coefficient (Wildman–Crippen LogP) is 3.27. The van der Waals surface area contributed by atoms with Crippen molar-refractivity contribution >= 4 is 5.65 Å². The third-order valence-corrected chi connectivity index (χ3v) is 5.39. The minimum absolute atomic E-state index is 0.115. The average molecular weight is 409 g/mol. The van der Waals surface area contributed by atoms with Crippen LogP contribution in [0.5, 0.6) is 0 Å². The molecule has 10 heteroatoms. The van der Waals surface area contributed by atoms with E-state index in [-0.39, 0.29) is 11.7 Å². The highest BCUT2D eigenvalue weighted by Gasteiger charge is 2.42. The van der Waals surface area contributed by atoms with Crippen molar-refractivity contribution in [1.29, 1.82) is 0 Å². The molecule has 4 rings (SSSR count). The number of fused-ring (bicyclic) bond motifs is 1. The van der Waals surface area contributed by atoms with Crippen molar-refractivity contribution in [3.8, 4) is 0 Å². The number of likely N-dealkylation sites (tertiary alicyclic amines) is 1. The molecule has 0 saturated carbocycles. The molecule has 0 radical (unpaired) electrons. The first-order valence-corrected chi connectivity index (χ1v) is 9.38. The van der Waals surface area contributed by atoms with E-state index in [9.17, 15) is 13.2 Å². The zero-order valence-corrected chi connectivity index (χ0v) is 16.2. The highest BCUT2D eigenvalue weighted by atomic mass is 19.4. The van der Waals surface area contributed by atoms with Crippen LogP contribution in [0.25, 0.3) is 5.65 Å². The number of aromatic nitrogens is 4. The standard InChI is InChI=1S/C19H22F3N5O2/c1-13-3-4-16-23-10-14(27(16)11-13)12-26-7-5-18(28-2,6-8-26)17-24-15(25-29-17)9-19(20,21)22/h3-4,10-11H,5-9,12H2,1-2H3. The smallest absolute Gasteiger partial charge is 0.368 e. The highest BCUT2D eigenvalue weighted by molar-refractivity contribution is 5.41. The molecule has 1 saturated heterocycles. The van der Waals surface area contributed by atoms with Gasteiger partial charge in [0, 0.05) is 32.9 Å². The van der Waals surface area contributed by atoms with E-state index in [4.69, 9.17) is 9.26 Å². The highest BCUT2D eigenvalue weighted by Crippen LogP contribution is 2.36. The molecule has 0 aliphatic carbocycles. The van der Waals surface area contributed by atoms with Crippen LogP contribution < -0.4 is 0 Å². The minimum atomic E-state index is -4.38. The molecule has 1 aliphatic rings. The molecule has 3 aromatic rings. The molecule has 7 nitrogen and oxygen atoms in total. The Labute approximate surface area is 165 Å². The Morgan fingerprint density at radius 3 is 2.69 bits per heavy atom. The van der Waals surface area contributed by atoms with E-state index >= 15 is 0 Å².